The maximum atomic E-state index is 12.9. The Balaban J connectivity index is 3.01. The Labute approximate surface area is 114 Å². The molecular formula is C13H16F3NO3. The smallest absolute Gasteiger partial charge is 0.419 e. The third kappa shape index (κ3) is 4.73. The van der Waals surface area contributed by atoms with Gasteiger partial charge in [-0.15, -0.1) is 0 Å². The zero-order valence-corrected chi connectivity index (χ0v) is 11.2. The highest BCUT2D eigenvalue weighted by molar-refractivity contribution is 5.71. The zero-order valence-electron chi connectivity index (χ0n) is 11.2. The molecule has 0 fully saturated rings. The zero-order chi connectivity index (χ0) is 15.3. The lowest BCUT2D eigenvalue weighted by molar-refractivity contribution is -0.145. The molecule has 1 aromatic carbocycles. The molecule has 0 bridgehead atoms. The predicted octanol–water partition coefficient (Wildman–Crippen LogP) is 2.15. The summed E-state index contributed by atoms with van der Waals surface area (Å²) in [6.07, 6.45) is -4.25. The minimum atomic E-state index is -4.57. The van der Waals surface area contributed by atoms with Crippen LogP contribution in [0.25, 0.3) is 0 Å². The van der Waals surface area contributed by atoms with Crippen molar-refractivity contribution in [3.05, 3.63) is 29.3 Å². The highest BCUT2D eigenvalue weighted by Crippen LogP contribution is 2.37. The summed E-state index contributed by atoms with van der Waals surface area (Å²) in [6.45, 7) is 1.13. The van der Waals surface area contributed by atoms with Gasteiger partial charge in [0, 0.05) is 6.04 Å². The fourth-order valence-corrected chi connectivity index (χ4v) is 1.62. The van der Waals surface area contributed by atoms with Crippen molar-refractivity contribution in [2.75, 3.05) is 13.7 Å². The number of ether oxygens (including phenoxy) is 2. The van der Waals surface area contributed by atoms with Crippen molar-refractivity contribution < 1.29 is 27.4 Å². The van der Waals surface area contributed by atoms with Crippen LogP contribution < -0.4 is 10.5 Å². The van der Waals surface area contributed by atoms with E-state index in [1.165, 1.54) is 12.1 Å². The van der Waals surface area contributed by atoms with Crippen LogP contribution in [-0.2, 0) is 22.1 Å². The number of carbonyl (C=O) groups is 1. The number of methoxy groups -OCH3 is 1. The SMILES string of the molecule is COC(=O)COc1ccc(CC(C)N)cc1C(F)(F)F. The van der Waals surface area contributed by atoms with Gasteiger partial charge in [-0.1, -0.05) is 6.07 Å². The van der Waals surface area contributed by atoms with Crippen molar-refractivity contribution >= 4 is 5.97 Å². The summed E-state index contributed by atoms with van der Waals surface area (Å²) in [4.78, 5) is 10.9. The van der Waals surface area contributed by atoms with E-state index in [1.807, 2.05) is 0 Å². The van der Waals surface area contributed by atoms with Crippen LogP contribution in [0.15, 0.2) is 18.2 Å². The van der Waals surface area contributed by atoms with Gasteiger partial charge < -0.3 is 15.2 Å². The Hall–Kier alpha value is -1.76. The number of hydrogen-bond acceptors (Lipinski definition) is 4. The first kappa shape index (κ1) is 16.3. The van der Waals surface area contributed by atoms with Gasteiger partial charge in [0.25, 0.3) is 0 Å². The van der Waals surface area contributed by atoms with Crippen molar-refractivity contribution in [2.45, 2.75) is 25.6 Å². The normalized spacial score (nSPS) is 12.9. The number of carbonyl (C=O) groups excluding carboxylic acids is 1. The van der Waals surface area contributed by atoms with Gasteiger partial charge in [-0.3, -0.25) is 0 Å². The van der Waals surface area contributed by atoms with E-state index in [0.29, 0.717) is 12.0 Å². The van der Waals surface area contributed by atoms with E-state index in [1.54, 1.807) is 6.92 Å². The molecule has 1 aromatic rings. The molecule has 4 nitrogen and oxygen atoms in total. The molecule has 0 radical (unpaired) electrons. The summed E-state index contributed by atoms with van der Waals surface area (Å²) < 4.78 is 48.0. The van der Waals surface area contributed by atoms with E-state index in [4.69, 9.17) is 10.5 Å². The molecule has 0 spiro atoms. The number of hydrogen-bond donors (Lipinski definition) is 1. The van der Waals surface area contributed by atoms with Crippen LogP contribution in [0.5, 0.6) is 5.75 Å². The summed E-state index contributed by atoms with van der Waals surface area (Å²) >= 11 is 0. The van der Waals surface area contributed by atoms with Crippen LogP contribution in [0.1, 0.15) is 18.1 Å². The Kier molecular flexibility index (Phi) is 5.38. The summed E-state index contributed by atoms with van der Waals surface area (Å²) in [5, 5.41) is 0. The van der Waals surface area contributed by atoms with Crippen molar-refractivity contribution in [1.29, 1.82) is 0 Å². The molecule has 0 aliphatic rings. The first-order chi connectivity index (χ1) is 9.24. The molecule has 1 rings (SSSR count). The number of esters is 1. The molecule has 0 heterocycles. The van der Waals surface area contributed by atoms with Gasteiger partial charge in [-0.2, -0.15) is 13.2 Å². The van der Waals surface area contributed by atoms with Gasteiger partial charge in [0.15, 0.2) is 6.61 Å². The molecule has 2 N–H and O–H groups in total. The molecule has 1 unspecified atom stereocenters. The summed E-state index contributed by atoms with van der Waals surface area (Å²) in [7, 11) is 1.13. The fourth-order valence-electron chi connectivity index (χ4n) is 1.62. The highest BCUT2D eigenvalue weighted by atomic mass is 19.4. The van der Waals surface area contributed by atoms with E-state index in [2.05, 4.69) is 4.74 Å². The van der Waals surface area contributed by atoms with Crippen LogP contribution in [0.4, 0.5) is 13.2 Å². The molecule has 0 aliphatic carbocycles. The van der Waals surface area contributed by atoms with E-state index in [9.17, 15) is 18.0 Å². The fraction of sp³-hybridized carbons (Fsp3) is 0.462. The molecule has 0 aromatic heterocycles. The molecule has 0 saturated carbocycles. The maximum absolute atomic E-state index is 12.9. The molecule has 112 valence electrons. The maximum Gasteiger partial charge on any atom is 0.419 e. The number of halogens is 3. The second-order valence-corrected chi connectivity index (χ2v) is 4.37. The molecule has 20 heavy (non-hydrogen) atoms. The number of nitrogens with two attached hydrogens (primary N) is 1. The largest absolute Gasteiger partial charge is 0.481 e. The second kappa shape index (κ2) is 6.60. The number of rotatable bonds is 5. The molecular weight excluding hydrogens is 275 g/mol. The van der Waals surface area contributed by atoms with Gasteiger partial charge >= 0.3 is 12.1 Å². The molecule has 0 saturated heterocycles. The van der Waals surface area contributed by atoms with E-state index >= 15 is 0 Å². The van der Waals surface area contributed by atoms with Crippen molar-refractivity contribution in [1.82, 2.24) is 0 Å². The van der Waals surface area contributed by atoms with Crippen LogP contribution in [-0.4, -0.2) is 25.7 Å². The molecule has 1 atom stereocenters. The number of alkyl halides is 3. The van der Waals surface area contributed by atoms with Crippen LogP contribution >= 0.6 is 0 Å². The monoisotopic (exact) mass is 291 g/mol. The first-order valence-electron chi connectivity index (χ1n) is 5.89. The highest BCUT2D eigenvalue weighted by Gasteiger charge is 2.34. The van der Waals surface area contributed by atoms with E-state index in [0.717, 1.165) is 13.2 Å². The van der Waals surface area contributed by atoms with Gasteiger partial charge in [0.05, 0.1) is 12.7 Å². The molecule has 0 amide bonds. The van der Waals surface area contributed by atoms with Gasteiger partial charge in [0.1, 0.15) is 5.75 Å². The third-order valence-corrected chi connectivity index (χ3v) is 2.48. The number of benzene rings is 1. The minimum Gasteiger partial charge on any atom is -0.481 e. The lowest BCUT2D eigenvalue weighted by Gasteiger charge is -2.15. The topological polar surface area (TPSA) is 61.5 Å². The summed E-state index contributed by atoms with van der Waals surface area (Å²) in [5.74, 6) is -1.16. The standard InChI is InChI=1S/C13H16F3NO3/c1-8(17)5-9-3-4-11(20-7-12(18)19-2)10(6-9)13(14,15)16/h3-4,6,8H,5,7,17H2,1-2H3. The molecule has 0 aliphatic heterocycles. The van der Waals surface area contributed by atoms with Crippen molar-refractivity contribution in [2.24, 2.45) is 5.73 Å². The second-order valence-electron chi connectivity index (χ2n) is 4.37. The van der Waals surface area contributed by atoms with Gasteiger partial charge in [-0.25, -0.2) is 4.79 Å². The third-order valence-electron chi connectivity index (χ3n) is 2.48. The van der Waals surface area contributed by atoms with Crippen molar-refractivity contribution in [3.8, 4) is 5.75 Å². The lowest BCUT2D eigenvalue weighted by Crippen LogP contribution is -2.19. The van der Waals surface area contributed by atoms with Crippen LogP contribution in [0.3, 0.4) is 0 Å². The van der Waals surface area contributed by atoms with E-state index < -0.39 is 30.1 Å². The summed E-state index contributed by atoms with van der Waals surface area (Å²) in [6, 6.07) is 3.41. The van der Waals surface area contributed by atoms with Crippen LogP contribution in [0, 0.1) is 0 Å². The quantitative estimate of drug-likeness (QED) is 0.844. The minimum absolute atomic E-state index is 0.252. The average molecular weight is 291 g/mol. The average Bonchev–Trinajstić information content (AvgIpc) is 2.34. The predicted molar refractivity (Wildman–Crippen MR) is 66.3 cm³/mol. The van der Waals surface area contributed by atoms with Crippen LogP contribution in [0.2, 0.25) is 0 Å². The van der Waals surface area contributed by atoms with Gasteiger partial charge in [-0.05, 0) is 31.0 Å². The van der Waals surface area contributed by atoms with Gasteiger partial charge in [0.2, 0.25) is 0 Å². The Morgan fingerprint density at radius 1 is 1.40 bits per heavy atom. The summed E-state index contributed by atoms with van der Waals surface area (Å²) in [5.41, 5.74) is 5.09. The first-order valence-corrected chi connectivity index (χ1v) is 5.89. The van der Waals surface area contributed by atoms with E-state index in [-0.39, 0.29) is 6.04 Å². The molecule has 7 heteroatoms. The Bertz CT molecular complexity index is 472. The van der Waals surface area contributed by atoms with Crippen molar-refractivity contribution in [3.63, 3.8) is 0 Å². The lowest BCUT2D eigenvalue weighted by atomic mass is 10.0. The Morgan fingerprint density at radius 2 is 2.05 bits per heavy atom. The Morgan fingerprint density at radius 3 is 2.55 bits per heavy atom.